The summed E-state index contributed by atoms with van der Waals surface area (Å²) in [7, 11) is 0. The fraction of sp³-hybridized carbons (Fsp3) is 0.471. The van der Waals surface area contributed by atoms with Crippen LogP contribution in [0.5, 0.6) is 5.75 Å². The van der Waals surface area contributed by atoms with Crippen LogP contribution in [0, 0.1) is 12.3 Å². The highest BCUT2D eigenvalue weighted by molar-refractivity contribution is 5.84. The summed E-state index contributed by atoms with van der Waals surface area (Å²) in [5.41, 5.74) is 9.33. The quantitative estimate of drug-likeness (QED) is 0.906. The van der Waals surface area contributed by atoms with Crippen molar-refractivity contribution >= 4 is 10.9 Å². The van der Waals surface area contributed by atoms with Crippen LogP contribution in [0.4, 0.5) is 0 Å². The Morgan fingerprint density at radius 2 is 2.00 bits per heavy atom. The summed E-state index contributed by atoms with van der Waals surface area (Å²) in [5.74, 6) is 0.900. The summed E-state index contributed by atoms with van der Waals surface area (Å²) in [6.07, 6.45) is 0.943. The number of rotatable bonds is 5. The third-order valence-electron chi connectivity index (χ3n) is 3.53. The molecule has 0 saturated heterocycles. The topological polar surface area (TPSA) is 48.1 Å². The Kier molecular flexibility index (Phi) is 4.29. The molecule has 1 heterocycles. The van der Waals surface area contributed by atoms with Crippen molar-refractivity contribution in [3.05, 3.63) is 35.5 Å². The maximum Gasteiger partial charge on any atom is 0.120 e. The van der Waals surface area contributed by atoms with Crippen LogP contribution in [-0.4, -0.2) is 18.1 Å². The van der Waals surface area contributed by atoms with E-state index in [1.165, 1.54) is 10.9 Å². The number of pyridine rings is 1. The van der Waals surface area contributed by atoms with Crippen LogP contribution in [0.3, 0.4) is 0 Å². The molecule has 20 heavy (non-hydrogen) atoms. The molecule has 1 aromatic carbocycles. The van der Waals surface area contributed by atoms with E-state index in [-0.39, 0.29) is 5.41 Å². The van der Waals surface area contributed by atoms with Crippen LogP contribution >= 0.6 is 0 Å². The lowest BCUT2D eigenvalue weighted by Crippen LogP contribution is -2.26. The minimum atomic E-state index is 0.0857. The minimum Gasteiger partial charge on any atom is -0.494 e. The Bertz CT molecular complexity index is 605. The fourth-order valence-electron chi connectivity index (χ4n) is 2.41. The second-order valence-electron chi connectivity index (χ2n) is 6.08. The van der Waals surface area contributed by atoms with Gasteiger partial charge >= 0.3 is 0 Å². The molecule has 0 radical (unpaired) electrons. The van der Waals surface area contributed by atoms with Gasteiger partial charge in [-0.25, -0.2) is 0 Å². The predicted molar refractivity (Wildman–Crippen MR) is 84.2 cm³/mol. The van der Waals surface area contributed by atoms with Crippen LogP contribution in [-0.2, 0) is 6.42 Å². The molecule has 2 aromatic rings. The SMILES string of the molecule is CCOc1ccc2nc(C)cc(CC(C)(C)CN)c2c1. The monoisotopic (exact) mass is 272 g/mol. The third-order valence-corrected chi connectivity index (χ3v) is 3.53. The summed E-state index contributed by atoms with van der Waals surface area (Å²) in [6, 6.07) is 8.27. The largest absolute Gasteiger partial charge is 0.494 e. The van der Waals surface area contributed by atoms with E-state index in [2.05, 4.69) is 31.0 Å². The average Bonchev–Trinajstić information content (AvgIpc) is 2.39. The number of aryl methyl sites for hydroxylation is 1. The molecular weight excluding hydrogens is 248 g/mol. The van der Waals surface area contributed by atoms with Crippen molar-refractivity contribution in [2.24, 2.45) is 11.1 Å². The molecule has 0 amide bonds. The van der Waals surface area contributed by atoms with Gasteiger partial charge < -0.3 is 10.5 Å². The number of aromatic nitrogens is 1. The highest BCUT2D eigenvalue weighted by Gasteiger charge is 2.18. The first-order valence-corrected chi connectivity index (χ1v) is 7.18. The van der Waals surface area contributed by atoms with E-state index in [0.29, 0.717) is 13.2 Å². The Morgan fingerprint density at radius 3 is 2.65 bits per heavy atom. The van der Waals surface area contributed by atoms with Gasteiger partial charge in [0.1, 0.15) is 5.75 Å². The van der Waals surface area contributed by atoms with Crippen molar-refractivity contribution in [1.29, 1.82) is 0 Å². The predicted octanol–water partition coefficient (Wildman–Crippen LogP) is 3.47. The second kappa shape index (κ2) is 5.80. The van der Waals surface area contributed by atoms with E-state index in [1.54, 1.807) is 0 Å². The van der Waals surface area contributed by atoms with Gasteiger partial charge in [-0.05, 0) is 62.1 Å². The molecule has 108 valence electrons. The van der Waals surface area contributed by atoms with Gasteiger partial charge in [-0.15, -0.1) is 0 Å². The van der Waals surface area contributed by atoms with Crippen molar-refractivity contribution in [3.8, 4) is 5.75 Å². The van der Waals surface area contributed by atoms with Crippen LogP contribution in [0.25, 0.3) is 10.9 Å². The van der Waals surface area contributed by atoms with Gasteiger partial charge in [0, 0.05) is 11.1 Å². The first-order valence-electron chi connectivity index (χ1n) is 7.18. The number of hydrogen-bond donors (Lipinski definition) is 1. The average molecular weight is 272 g/mol. The van der Waals surface area contributed by atoms with Gasteiger partial charge in [0.2, 0.25) is 0 Å². The molecule has 3 nitrogen and oxygen atoms in total. The molecule has 0 fully saturated rings. The summed E-state index contributed by atoms with van der Waals surface area (Å²) >= 11 is 0. The molecule has 1 aromatic heterocycles. The van der Waals surface area contributed by atoms with Crippen molar-refractivity contribution < 1.29 is 4.74 Å². The molecule has 0 spiro atoms. The number of nitrogens with zero attached hydrogens (tertiary/aromatic N) is 1. The molecule has 0 unspecified atom stereocenters. The zero-order chi connectivity index (χ0) is 14.8. The third kappa shape index (κ3) is 3.28. The molecule has 0 aliphatic carbocycles. The number of benzene rings is 1. The van der Waals surface area contributed by atoms with Crippen LogP contribution in [0.1, 0.15) is 32.0 Å². The van der Waals surface area contributed by atoms with E-state index in [0.717, 1.165) is 23.4 Å². The van der Waals surface area contributed by atoms with E-state index in [9.17, 15) is 0 Å². The van der Waals surface area contributed by atoms with Crippen LogP contribution in [0.15, 0.2) is 24.3 Å². The summed E-state index contributed by atoms with van der Waals surface area (Å²) in [4.78, 5) is 4.61. The molecule has 0 aliphatic heterocycles. The van der Waals surface area contributed by atoms with E-state index >= 15 is 0 Å². The maximum absolute atomic E-state index is 5.87. The standard InChI is InChI=1S/C17H24N2O/c1-5-20-14-6-7-16-15(9-14)13(8-12(2)19-16)10-17(3,4)11-18/h6-9H,5,10-11,18H2,1-4H3. The Hall–Kier alpha value is -1.61. The lowest BCUT2D eigenvalue weighted by atomic mass is 9.84. The Morgan fingerprint density at radius 1 is 1.25 bits per heavy atom. The number of nitrogens with two attached hydrogens (primary N) is 1. The maximum atomic E-state index is 5.87. The van der Waals surface area contributed by atoms with E-state index < -0.39 is 0 Å². The van der Waals surface area contributed by atoms with Crippen molar-refractivity contribution in [2.75, 3.05) is 13.2 Å². The molecule has 2 rings (SSSR count). The zero-order valence-electron chi connectivity index (χ0n) is 12.9. The molecule has 0 bridgehead atoms. The van der Waals surface area contributed by atoms with Crippen LogP contribution < -0.4 is 10.5 Å². The molecular formula is C17H24N2O. The van der Waals surface area contributed by atoms with Crippen LogP contribution in [0.2, 0.25) is 0 Å². The Balaban J connectivity index is 2.52. The first-order chi connectivity index (χ1) is 9.45. The highest BCUT2D eigenvalue weighted by atomic mass is 16.5. The fourth-order valence-corrected chi connectivity index (χ4v) is 2.41. The Labute approximate surface area is 121 Å². The van der Waals surface area contributed by atoms with E-state index in [1.807, 2.05) is 26.0 Å². The molecule has 2 N–H and O–H groups in total. The molecule has 3 heteroatoms. The van der Waals surface area contributed by atoms with E-state index in [4.69, 9.17) is 10.5 Å². The summed E-state index contributed by atoms with van der Waals surface area (Å²) in [6.45, 7) is 9.77. The van der Waals surface area contributed by atoms with Gasteiger partial charge in [-0.3, -0.25) is 4.98 Å². The second-order valence-corrected chi connectivity index (χ2v) is 6.08. The minimum absolute atomic E-state index is 0.0857. The first kappa shape index (κ1) is 14.8. The van der Waals surface area contributed by atoms with Crippen molar-refractivity contribution in [1.82, 2.24) is 4.98 Å². The number of fused-ring (bicyclic) bond motifs is 1. The summed E-state index contributed by atoms with van der Waals surface area (Å²) < 4.78 is 5.60. The lowest BCUT2D eigenvalue weighted by molar-refractivity contribution is 0.340. The molecule has 0 aliphatic rings. The number of hydrogen-bond acceptors (Lipinski definition) is 3. The van der Waals surface area contributed by atoms with Gasteiger partial charge in [-0.2, -0.15) is 0 Å². The number of ether oxygens (including phenoxy) is 1. The normalized spacial score (nSPS) is 11.8. The van der Waals surface area contributed by atoms with Crippen molar-refractivity contribution in [3.63, 3.8) is 0 Å². The lowest BCUT2D eigenvalue weighted by Gasteiger charge is -2.23. The smallest absolute Gasteiger partial charge is 0.120 e. The summed E-state index contributed by atoms with van der Waals surface area (Å²) in [5, 5.41) is 1.17. The van der Waals surface area contributed by atoms with Gasteiger partial charge in [-0.1, -0.05) is 13.8 Å². The molecule has 0 saturated carbocycles. The zero-order valence-corrected chi connectivity index (χ0v) is 12.9. The van der Waals surface area contributed by atoms with Crippen molar-refractivity contribution in [2.45, 2.75) is 34.1 Å². The van der Waals surface area contributed by atoms with Gasteiger partial charge in [0.05, 0.1) is 12.1 Å². The van der Waals surface area contributed by atoms with Gasteiger partial charge in [0.15, 0.2) is 0 Å². The molecule has 0 atom stereocenters. The highest BCUT2D eigenvalue weighted by Crippen LogP contribution is 2.29. The van der Waals surface area contributed by atoms with Gasteiger partial charge in [0.25, 0.3) is 0 Å².